The topological polar surface area (TPSA) is 180 Å². The lowest BCUT2D eigenvalue weighted by Crippen LogP contribution is -2.46. The normalized spacial score (nSPS) is 13.7. The molecule has 5 N–H and O–H groups in total. The van der Waals surface area contributed by atoms with Gasteiger partial charge in [-0.2, -0.15) is 19.6 Å². The van der Waals surface area contributed by atoms with Gasteiger partial charge in [-0.15, -0.1) is 0 Å². The van der Waals surface area contributed by atoms with E-state index in [9.17, 15) is 14.4 Å². The maximum absolute atomic E-state index is 12.6. The summed E-state index contributed by atoms with van der Waals surface area (Å²) in [6.45, 7) is 12.1. The van der Waals surface area contributed by atoms with Gasteiger partial charge in [0.15, 0.2) is 5.65 Å². The number of likely N-dealkylation sites (N-methyl/N-ethyl adjacent to an activating group) is 1. The highest BCUT2D eigenvalue weighted by atomic mass is 16.6. The van der Waals surface area contributed by atoms with Crippen LogP contribution in [-0.2, 0) is 20.9 Å². The molecular formula is C41H51N11O4. The Hall–Kier alpha value is -6.09. The summed E-state index contributed by atoms with van der Waals surface area (Å²) in [6, 6.07) is 15.8. The number of fused-ring (bicyclic) bond motifs is 2. The van der Waals surface area contributed by atoms with E-state index in [2.05, 4.69) is 62.6 Å². The number of carbonyl (C=O) groups excluding carboxylic acids is 3. The van der Waals surface area contributed by atoms with E-state index in [0.717, 1.165) is 51.6 Å². The van der Waals surface area contributed by atoms with Crippen molar-refractivity contribution in [3.05, 3.63) is 84.2 Å². The minimum Gasteiger partial charge on any atom is -0.444 e. The van der Waals surface area contributed by atoms with Gasteiger partial charge in [-0.3, -0.25) is 14.6 Å². The van der Waals surface area contributed by atoms with Crippen LogP contribution in [0.1, 0.15) is 64.5 Å². The van der Waals surface area contributed by atoms with E-state index in [4.69, 9.17) is 19.7 Å². The molecule has 0 unspecified atom stereocenters. The van der Waals surface area contributed by atoms with Crippen molar-refractivity contribution in [3.63, 3.8) is 0 Å². The molecule has 3 amide bonds. The summed E-state index contributed by atoms with van der Waals surface area (Å²) in [5, 5.41) is 21.5. The van der Waals surface area contributed by atoms with Crippen LogP contribution in [0.25, 0.3) is 27.7 Å². The second-order valence-electron chi connectivity index (χ2n) is 15.1. The van der Waals surface area contributed by atoms with Crippen molar-refractivity contribution in [1.82, 2.24) is 40.5 Å². The van der Waals surface area contributed by atoms with Crippen LogP contribution in [0.4, 0.5) is 22.4 Å². The molecule has 0 bridgehead atoms. The molecule has 1 aliphatic heterocycles. The fourth-order valence-electron chi connectivity index (χ4n) is 6.54. The van der Waals surface area contributed by atoms with Gasteiger partial charge in [0.05, 0.1) is 18.4 Å². The zero-order valence-corrected chi connectivity index (χ0v) is 32.8. The Bertz CT molecular complexity index is 2220. The van der Waals surface area contributed by atoms with Crippen LogP contribution >= 0.6 is 0 Å². The number of amides is 3. The third-order valence-electron chi connectivity index (χ3n) is 9.27. The van der Waals surface area contributed by atoms with Crippen molar-refractivity contribution in [2.24, 2.45) is 0 Å². The van der Waals surface area contributed by atoms with Crippen molar-refractivity contribution in [2.75, 3.05) is 48.8 Å². The SMILES string of the molecule is CNCC(=O)NC/C=C/C(=O)Nc1ccc2c(-c3ccccc3CNc3nc(N4CCC(NC(=O)OC(C)(C)C)CC4)nc4c(C(C)C)cnn34)nccc2c1. The van der Waals surface area contributed by atoms with Gasteiger partial charge in [-0.25, -0.2) is 4.79 Å². The fourth-order valence-corrected chi connectivity index (χ4v) is 6.54. The molecule has 0 spiro atoms. The standard InChI is InChI=1S/C41H51N11O4/c1-26(2)33-24-46-52-37(33)49-39(51-20-16-29(17-21-51)48-40(55)56-41(3,4)5)50-38(52)45-23-28-10-7-8-11-31(28)36-32-14-13-30(22-27(32)15-19-44-36)47-34(53)12-9-18-43-35(54)25-42-6/h7-15,19,22,24,26,29,42H,16-18,20-21,23,25H2,1-6H3,(H,43,54)(H,47,53)(H,48,55)(H,45,49,50)/b12-9+. The van der Waals surface area contributed by atoms with E-state index in [1.165, 1.54) is 6.08 Å². The smallest absolute Gasteiger partial charge is 0.407 e. The van der Waals surface area contributed by atoms with E-state index in [1.807, 2.05) is 63.4 Å². The Morgan fingerprint density at radius 2 is 1.82 bits per heavy atom. The number of alkyl carbamates (subject to hydrolysis) is 1. The third-order valence-corrected chi connectivity index (χ3v) is 9.27. The zero-order valence-electron chi connectivity index (χ0n) is 32.8. The van der Waals surface area contributed by atoms with Crippen molar-refractivity contribution < 1.29 is 19.1 Å². The van der Waals surface area contributed by atoms with E-state index < -0.39 is 11.7 Å². The molecule has 1 saturated heterocycles. The average Bonchev–Trinajstić information content (AvgIpc) is 3.60. The summed E-state index contributed by atoms with van der Waals surface area (Å²) in [7, 11) is 1.70. The van der Waals surface area contributed by atoms with E-state index in [1.54, 1.807) is 23.8 Å². The van der Waals surface area contributed by atoms with Gasteiger partial charge in [0.2, 0.25) is 23.7 Å². The molecule has 6 rings (SSSR count). The summed E-state index contributed by atoms with van der Waals surface area (Å²) in [6.07, 6.45) is 7.71. The Balaban J connectivity index is 1.19. The number of benzene rings is 2. The van der Waals surface area contributed by atoms with Crippen LogP contribution in [0.5, 0.6) is 0 Å². The molecular weight excluding hydrogens is 711 g/mol. The molecule has 5 aromatic rings. The van der Waals surface area contributed by atoms with Gasteiger partial charge in [0.1, 0.15) is 5.60 Å². The minimum atomic E-state index is -0.554. The highest BCUT2D eigenvalue weighted by molar-refractivity contribution is 6.02. The van der Waals surface area contributed by atoms with Crippen LogP contribution in [0.15, 0.2) is 73.1 Å². The van der Waals surface area contributed by atoms with Gasteiger partial charge in [-0.05, 0) is 75.7 Å². The number of piperidine rings is 1. The van der Waals surface area contributed by atoms with Crippen molar-refractivity contribution in [3.8, 4) is 11.3 Å². The van der Waals surface area contributed by atoms with Crippen LogP contribution in [-0.4, -0.2) is 87.3 Å². The largest absolute Gasteiger partial charge is 0.444 e. The molecule has 1 fully saturated rings. The maximum atomic E-state index is 12.6. The number of hydrogen-bond donors (Lipinski definition) is 5. The van der Waals surface area contributed by atoms with Crippen LogP contribution in [0.2, 0.25) is 0 Å². The molecule has 0 atom stereocenters. The molecule has 15 heteroatoms. The molecule has 0 radical (unpaired) electrons. The number of carbonyl (C=O) groups is 3. The summed E-state index contributed by atoms with van der Waals surface area (Å²) in [5.74, 6) is 0.945. The Labute approximate surface area is 326 Å². The van der Waals surface area contributed by atoms with Crippen molar-refractivity contribution in [2.45, 2.75) is 71.6 Å². The maximum Gasteiger partial charge on any atom is 0.407 e. The summed E-state index contributed by atoms with van der Waals surface area (Å²) in [5.41, 5.74) is 4.65. The average molecular weight is 762 g/mol. The summed E-state index contributed by atoms with van der Waals surface area (Å²) in [4.78, 5) is 53.5. The van der Waals surface area contributed by atoms with Crippen LogP contribution in [0.3, 0.4) is 0 Å². The Morgan fingerprint density at radius 1 is 1.04 bits per heavy atom. The van der Waals surface area contributed by atoms with E-state index >= 15 is 0 Å². The minimum absolute atomic E-state index is 0.00488. The molecule has 3 aromatic heterocycles. The first-order valence-electron chi connectivity index (χ1n) is 19.0. The number of anilines is 3. The van der Waals surface area contributed by atoms with Crippen LogP contribution < -0.4 is 31.5 Å². The predicted molar refractivity (Wildman–Crippen MR) is 219 cm³/mol. The van der Waals surface area contributed by atoms with Crippen molar-refractivity contribution in [1.29, 1.82) is 0 Å². The lowest BCUT2D eigenvalue weighted by atomic mass is 9.99. The first kappa shape index (κ1) is 39.6. The lowest BCUT2D eigenvalue weighted by molar-refractivity contribution is -0.120. The summed E-state index contributed by atoms with van der Waals surface area (Å²) >= 11 is 0. The number of hydrogen-bond acceptors (Lipinski definition) is 11. The van der Waals surface area contributed by atoms with Crippen LogP contribution in [0, 0.1) is 0 Å². The van der Waals surface area contributed by atoms with E-state index in [-0.39, 0.29) is 36.9 Å². The predicted octanol–water partition coefficient (Wildman–Crippen LogP) is 5.40. The van der Waals surface area contributed by atoms with Gasteiger partial charge in [-0.1, -0.05) is 50.3 Å². The van der Waals surface area contributed by atoms with Gasteiger partial charge < -0.3 is 36.2 Å². The number of aromatic nitrogens is 5. The van der Waals surface area contributed by atoms with Gasteiger partial charge in [0.25, 0.3) is 0 Å². The molecule has 4 heterocycles. The molecule has 0 saturated carbocycles. The van der Waals surface area contributed by atoms with E-state index in [0.29, 0.717) is 37.2 Å². The lowest BCUT2D eigenvalue weighted by Gasteiger charge is -2.33. The van der Waals surface area contributed by atoms with Gasteiger partial charge in [0, 0.05) is 66.7 Å². The monoisotopic (exact) mass is 761 g/mol. The first-order valence-corrected chi connectivity index (χ1v) is 19.0. The Morgan fingerprint density at radius 3 is 2.57 bits per heavy atom. The number of pyridine rings is 1. The van der Waals surface area contributed by atoms with Crippen molar-refractivity contribution >= 4 is 51.9 Å². The molecule has 0 aliphatic carbocycles. The highest BCUT2D eigenvalue weighted by Gasteiger charge is 2.26. The zero-order chi connectivity index (χ0) is 39.8. The molecule has 56 heavy (non-hydrogen) atoms. The third kappa shape index (κ3) is 9.96. The number of rotatable bonds is 13. The number of nitrogens with zero attached hydrogens (tertiary/aromatic N) is 6. The first-order chi connectivity index (χ1) is 26.9. The summed E-state index contributed by atoms with van der Waals surface area (Å²) < 4.78 is 7.23. The molecule has 15 nitrogen and oxygen atoms in total. The fraction of sp³-hybridized carbons (Fsp3) is 0.390. The number of ether oxygens (including phenoxy) is 1. The molecule has 2 aromatic carbocycles. The second-order valence-corrected chi connectivity index (χ2v) is 15.1. The number of nitrogens with one attached hydrogen (secondary N) is 5. The Kier molecular flexibility index (Phi) is 12.4. The molecule has 294 valence electrons. The highest BCUT2D eigenvalue weighted by Crippen LogP contribution is 2.32. The van der Waals surface area contributed by atoms with Gasteiger partial charge >= 0.3 is 6.09 Å². The second kappa shape index (κ2) is 17.6. The quantitative estimate of drug-likeness (QED) is 0.0971. The molecule has 1 aliphatic rings.